The highest BCUT2D eigenvalue weighted by Gasteiger charge is 2.17. The number of nitrogens with zero attached hydrogens (tertiary/aromatic N) is 5. The van der Waals surface area contributed by atoms with Gasteiger partial charge in [-0.1, -0.05) is 47.1 Å². The minimum Gasteiger partial charge on any atom is -0.272 e. The number of hydrogen-bond donors (Lipinski definition) is 1. The summed E-state index contributed by atoms with van der Waals surface area (Å²) in [6, 6.07) is 20.9. The van der Waals surface area contributed by atoms with E-state index in [1.807, 2.05) is 72.2 Å². The summed E-state index contributed by atoms with van der Waals surface area (Å²) in [5.41, 5.74) is 6.10. The fourth-order valence-electron chi connectivity index (χ4n) is 2.86. The Hall–Kier alpha value is -3.49. The van der Waals surface area contributed by atoms with Crippen LogP contribution in [-0.2, 0) is 4.79 Å². The summed E-state index contributed by atoms with van der Waals surface area (Å²) < 4.78 is 1.93. The zero-order valence-corrected chi connectivity index (χ0v) is 18.7. The Morgan fingerprint density at radius 1 is 1.09 bits per heavy atom. The van der Waals surface area contributed by atoms with Crippen LogP contribution in [-0.4, -0.2) is 37.6 Å². The molecule has 0 unspecified atom stereocenters. The van der Waals surface area contributed by atoms with Gasteiger partial charge >= 0.3 is 0 Å². The first kappa shape index (κ1) is 21.7. The van der Waals surface area contributed by atoms with Crippen LogP contribution in [0.1, 0.15) is 11.3 Å². The standard InChI is InChI=1S/C23H19ClN6OS/c1-16-5-11-20(12-6-16)30-22(17-7-9-18(24)10-8-17)28-29-23(30)32-15-21(31)27-26-14-19-4-2-3-13-25-19/h2-14H,15H2,1H3,(H,27,31)/b26-14+. The number of pyridine rings is 1. The monoisotopic (exact) mass is 462 g/mol. The average Bonchev–Trinajstić information content (AvgIpc) is 3.23. The van der Waals surface area contributed by atoms with Gasteiger partial charge in [-0.15, -0.1) is 10.2 Å². The van der Waals surface area contributed by atoms with E-state index in [9.17, 15) is 4.79 Å². The van der Waals surface area contributed by atoms with Crippen molar-refractivity contribution in [3.8, 4) is 17.1 Å². The van der Waals surface area contributed by atoms with Gasteiger partial charge in [0.2, 0.25) is 0 Å². The maximum Gasteiger partial charge on any atom is 0.250 e. The van der Waals surface area contributed by atoms with Crippen LogP contribution in [0.2, 0.25) is 5.02 Å². The summed E-state index contributed by atoms with van der Waals surface area (Å²) in [6.45, 7) is 2.03. The molecule has 160 valence electrons. The van der Waals surface area contributed by atoms with Crippen LogP contribution in [0.5, 0.6) is 0 Å². The Kier molecular flexibility index (Phi) is 6.94. The van der Waals surface area contributed by atoms with Crippen molar-refractivity contribution >= 4 is 35.5 Å². The summed E-state index contributed by atoms with van der Waals surface area (Å²) in [7, 11) is 0. The van der Waals surface area contributed by atoms with E-state index < -0.39 is 0 Å². The Balaban J connectivity index is 1.53. The van der Waals surface area contributed by atoms with Crippen LogP contribution in [0.25, 0.3) is 17.1 Å². The van der Waals surface area contributed by atoms with Gasteiger partial charge in [-0.05, 0) is 55.5 Å². The summed E-state index contributed by atoms with van der Waals surface area (Å²) in [6.07, 6.45) is 3.16. The number of carbonyl (C=O) groups excluding carboxylic acids is 1. The summed E-state index contributed by atoms with van der Waals surface area (Å²) in [4.78, 5) is 16.4. The minimum absolute atomic E-state index is 0.129. The first-order valence-electron chi connectivity index (χ1n) is 9.74. The van der Waals surface area contributed by atoms with Gasteiger partial charge in [0.05, 0.1) is 17.7 Å². The van der Waals surface area contributed by atoms with Gasteiger partial charge in [-0.2, -0.15) is 5.10 Å². The SMILES string of the molecule is Cc1ccc(-n2c(SCC(=O)N/N=C/c3ccccn3)nnc2-c2ccc(Cl)cc2)cc1. The number of hydrazone groups is 1. The number of carbonyl (C=O) groups is 1. The third kappa shape index (κ3) is 5.40. The molecule has 7 nitrogen and oxygen atoms in total. The molecule has 9 heteroatoms. The second-order valence-electron chi connectivity index (χ2n) is 6.82. The minimum atomic E-state index is -0.256. The summed E-state index contributed by atoms with van der Waals surface area (Å²) in [5.74, 6) is 0.541. The van der Waals surface area contributed by atoms with E-state index >= 15 is 0 Å². The summed E-state index contributed by atoms with van der Waals surface area (Å²) >= 11 is 7.32. The van der Waals surface area contributed by atoms with E-state index in [0.29, 0.717) is 21.7 Å². The van der Waals surface area contributed by atoms with Crippen molar-refractivity contribution in [1.29, 1.82) is 0 Å². The molecule has 32 heavy (non-hydrogen) atoms. The number of hydrogen-bond acceptors (Lipinski definition) is 6. The average molecular weight is 463 g/mol. The van der Waals surface area contributed by atoms with Crippen LogP contribution in [0.3, 0.4) is 0 Å². The van der Waals surface area contributed by atoms with Crippen LogP contribution in [0.15, 0.2) is 83.2 Å². The van der Waals surface area contributed by atoms with Crippen LogP contribution in [0.4, 0.5) is 0 Å². The number of rotatable bonds is 7. The van der Waals surface area contributed by atoms with Gasteiger partial charge in [-0.25, -0.2) is 5.43 Å². The number of nitrogens with one attached hydrogen (secondary N) is 1. The summed E-state index contributed by atoms with van der Waals surface area (Å²) in [5, 5.41) is 13.9. The van der Waals surface area contributed by atoms with Crippen LogP contribution >= 0.6 is 23.4 Å². The first-order valence-corrected chi connectivity index (χ1v) is 11.1. The molecule has 4 rings (SSSR count). The number of benzene rings is 2. The smallest absolute Gasteiger partial charge is 0.250 e. The normalized spacial score (nSPS) is 11.1. The zero-order valence-electron chi connectivity index (χ0n) is 17.1. The number of amides is 1. The Morgan fingerprint density at radius 3 is 2.59 bits per heavy atom. The molecule has 1 amide bonds. The highest BCUT2D eigenvalue weighted by Crippen LogP contribution is 2.28. The zero-order chi connectivity index (χ0) is 22.3. The van der Waals surface area contributed by atoms with E-state index in [1.54, 1.807) is 12.3 Å². The van der Waals surface area contributed by atoms with E-state index in [4.69, 9.17) is 11.6 Å². The van der Waals surface area contributed by atoms with E-state index in [-0.39, 0.29) is 11.7 Å². The number of aromatic nitrogens is 4. The van der Waals surface area contributed by atoms with Gasteiger partial charge in [0.15, 0.2) is 11.0 Å². The molecule has 2 heterocycles. The number of halogens is 1. The molecule has 0 aliphatic rings. The van der Waals surface area contributed by atoms with E-state index in [0.717, 1.165) is 16.8 Å². The molecule has 0 saturated carbocycles. The topological polar surface area (TPSA) is 85.1 Å². The van der Waals surface area contributed by atoms with Crippen molar-refractivity contribution in [3.05, 3.63) is 89.2 Å². The molecule has 0 saturated heterocycles. The van der Waals surface area contributed by atoms with Crippen LogP contribution in [0, 0.1) is 6.92 Å². The molecule has 1 N–H and O–H groups in total. The molecule has 4 aromatic rings. The molecule has 0 aliphatic carbocycles. The Morgan fingerprint density at radius 2 is 1.88 bits per heavy atom. The van der Waals surface area contributed by atoms with Crippen molar-refractivity contribution in [3.63, 3.8) is 0 Å². The van der Waals surface area contributed by atoms with Gasteiger partial charge in [0, 0.05) is 22.5 Å². The fourth-order valence-corrected chi connectivity index (χ4v) is 3.73. The molecule has 0 atom stereocenters. The fraction of sp³-hybridized carbons (Fsp3) is 0.0870. The molecule has 0 spiro atoms. The lowest BCUT2D eigenvalue weighted by Crippen LogP contribution is -2.20. The largest absolute Gasteiger partial charge is 0.272 e. The van der Waals surface area contributed by atoms with Gasteiger partial charge in [-0.3, -0.25) is 14.3 Å². The molecule has 0 radical (unpaired) electrons. The van der Waals surface area contributed by atoms with Gasteiger partial charge in [0.1, 0.15) is 0 Å². The predicted molar refractivity (Wildman–Crippen MR) is 127 cm³/mol. The van der Waals surface area contributed by atoms with E-state index in [2.05, 4.69) is 25.7 Å². The second kappa shape index (κ2) is 10.2. The van der Waals surface area contributed by atoms with Gasteiger partial charge < -0.3 is 0 Å². The van der Waals surface area contributed by atoms with E-state index in [1.165, 1.54) is 18.0 Å². The van der Waals surface area contributed by atoms with Crippen molar-refractivity contribution in [2.24, 2.45) is 5.10 Å². The van der Waals surface area contributed by atoms with Crippen molar-refractivity contribution in [2.45, 2.75) is 12.1 Å². The van der Waals surface area contributed by atoms with Crippen molar-refractivity contribution in [1.82, 2.24) is 25.2 Å². The quantitative estimate of drug-likeness (QED) is 0.248. The predicted octanol–water partition coefficient (Wildman–Crippen LogP) is 4.53. The molecule has 2 aromatic heterocycles. The molecule has 0 aliphatic heterocycles. The first-order chi connectivity index (χ1) is 15.6. The molecule has 0 bridgehead atoms. The maximum atomic E-state index is 12.3. The highest BCUT2D eigenvalue weighted by atomic mass is 35.5. The molecule has 0 fully saturated rings. The maximum absolute atomic E-state index is 12.3. The lowest BCUT2D eigenvalue weighted by atomic mass is 10.2. The third-order valence-corrected chi connectivity index (χ3v) is 5.62. The van der Waals surface area contributed by atoms with Gasteiger partial charge in [0.25, 0.3) is 5.91 Å². The Bertz CT molecular complexity index is 1220. The lowest BCUT2D eigenvalue weighted by molar-refractivity contribution is -0.118. The van der Waals surface area contributed by atoms with Crippen molar-refractivity contribution < 1.29 is 4.79 Å². The molecular formula is C23H19ClN6OS. The molecular weight excluding hydrogens is 444 g/mol. The van der Waals surface area contributed by atoms with Crippen molar-refractivity contribution in [2.75, 3.05) is 5.75 Å². The lowest BCUT2D eigenvalue weighted by Gasteiger charge is -2.10. The third-order valence-electron chi connectivity index (χ3n) is 4.43. The van der Waals surface area contributed by atoms with Crippen LogP contribution < -0.4 is 5.43 Å². The second-order valence-corrected chi connectivity index (χ2v) is 8.20. The highest BCUT2D eigenvalue weighted by molar-refractivity contribution is 7.99. The number of thioether (sulfide) groups is 1. The Labute approximate surface area is 194 Å². The molecule has 2 aromatic carbocycles. The number of aryl methyl sites for hydroxylation is 1.